The molecule has 0 rings (SSSR count). The molecule has 0 heterocycles. The molecule has 0 spiro atoms. The molecule has 2 N–H and O–H groups in total. The molecule has 0 unspecified atom stereocenters. The van der Waals surface area contributed by atoms with E-state index in [1.807, 2.05) is 0 Å². The maximum Gasteiger partial charge on any atom is 0.333 e. The lowest BCUT2D eigenvalue weighted by Crippen LogP contribution is -2.37. The van der Waals surface area contributed by atoms with Crippen LogP contribution in [-0.4, -0.2) is 26.5 Å². The first-order chi connectivity index (χ1) is 7.28. The van der Waals surface area contributed by atoms with Crippen LogP contribution in [0.3, 0.4) is 0 Å². The number of carbonyl (C=O) groups excluding carboxylic acids is 1. The van der Waals surface area contributed by atoms with E-state index in [0.717, 1.165) is 0 Å². The Kier molecular flexibility index (Phi) is 4.74. The van der Waals surface area contributed by atoms with Crippen LogP contribution in [0.5, 0.6) is 0 Å². The van der Waals surface area contributed by atoms with Gasteiger partial charge in [-0.15, -0.1) is 0 Å². The summed E-state index contributed by atoms with van der Waals surface area (Å²) in [5.74, 6) is -0.559. The van der Waals surface area contributed by atoms with Crippen LogP contribution >= 0.6 is 7.60 Å². The first-order valence-corrected chi connectivity index (χ1v) is 6.84. The van der Waals surface area contributed by atoms with Crippen LogP contribution in [0.2, 0.25) is 0 Å². The zero-order chi connectivity index (χ0) is 14.1. The summed E-state index contributed by atoms with van der Waals surface area (Å²) >= 11 is 0. The van der Waals surface area contributed by atoms with Gasteiger partial charge < -0.3 is 14.5 Å². The van der Waals surface area contributed by atoms with E-state index in [1.54, 1.807) is 13.8 Å². The van der Waals surface area contributed by atoms with E-state index in [0.29, 0.717) is 0 Å². The number of carbonyl (C=O) groups is 1. The molecule has 6 heteroatoms. The Morgan fingerprint density at radius 3 is 2.00 bits per heavy atom. The number of hydrogen-bond donors (Lipinski definition) is 2. The molecule has 0 aromatic rings. The number of hydrogen-bond acceptors (Lipinski definition) is 3. The summed E-state index contributed by atoms with van der Waals surface area (Å²) < 4.78 is 16.4. The smallest absolute Gasteiger partial charge is 0.333 e. The second kappa shape index (κ2) is 4.92. The molecular weight excluding hydrogens is 243 g/mol. The van der Waals surface area contributed by atoms with Gasteiger partial charge in [0.15, 0.2) is 0 Å². The van der Waals surface area contributed by atoms with Crippen molar-refractivity contribution in [2.75, 3.05) is 0 Å². The zero-order valence-electron chi connectivity index (χ0n) is 11.0. The van der Waals surface area contributed by atoms with Crippen LogP contribution in [0.1, 0.15) is 41.0 Å². The number of rotatable bonds is 5. The molecule has 0 aliphatic carbocycles. The molecule has 0 atom stereocenters. The summed E-state index contributed by atoms with van der Waals surface area (Å²) in [4.78, 5) is 29.8. The molecule has 0 bridgehead atoms. The van der Waals surface area contributed by atoms with Crippen LogP contribution in [0.4, 0.5) is 0 Å². The number of esters is 1. The van der Waals surface area contributed by atoms with Crippen molar-refractivity contribution < 1.29 is 23.9 Å². The molecule has 0 aromatic carbocycles. The molecule has 0 saturated carbocycles. The van der Waals surface area contributed by atoms with Gasteiger partial charge in [0.25, 0.3) is 0 Å². The maximum absolute atomic E-state index is 11.4. The minimum atomic E-state index is -4.25. The van der Waals surface area contributed by atoms with E-state index < -0.39 is 24.3 Å². The van der Waals surface area contributed by atoms with Gasteiger partial charge in [0, 0.05) is 12.0 Å². The average molecular weight is 264 g/mol. The quantitative estimate of drug-likeness (QED) is 0.452. The monoisotopic (exact) mass is 264 g/mol. The lowest BCUT2D eigenvalue weighted by molar-refractivity contribution is -0.152. The minimum Gasteiger partial charge on any atom is -0.456 e. The predicted octanol–water partition coefficient (Wildman–Crippen LogP) is 2.23. The normalized spacial score (nSPS) is 13.4. The van der Waals surface area contributed by atoms with Gasteiger partial charge in [-0.2, -0.15) is 0 Å². The molecular formula is C11H21O5P. The molecule has 0 saturated heterocycles. The van der Waals surface area contributed by atoms with E-state index in [-0.39, 0.29) is 12.0 Å². The first kappa shape index (κ1) is 16.4. The number of ether oxygens (including phenoxy) is 1. The fraction of sp³-hybridized carbons (Fsp3) is 0.727. The SMILES string of the molecule is C=C(C)C(=O)OC(C)(C)CC(C)(C)P(=O)(O)O. The molecule has 100 valence electrons. The van der Waals surface area contributed by atoms with Crippen molar-refractivity contribution in [2.45, 2.75) is 51.8 Å². The fourth-order valence-electron chi connectivity index (χ4n) is 1.52. The molecule has 0 amide bonds. The van der Waals surface area contributed by atoms with Crippen molar-refractivity contribution in [2.24, 2.45) is 0 Å². The summed E-state index contributed by atoms with van der Waals surface area (Å²) in [5.41, 5.74) is -0.701. The molecule has 0 aromatic heterocycles. The van der Waals surface area contributed by atoms with Crippen molar-refractivity contribution in [3.05, 3.63) is 12.2 Å². The summed E-state index contributed by atoms with van der Waals surface area (Å²) in [6, 6.07) is 0. The van der Waals surface area contributed by atoms with Gasteiger partial charge in [-0.25, -0.2) is 4.79 Å². The minimum absolute atomic E-state index is 0.0588. The van der Waals surface area contributed by atoms with Crippen LogP contribution in [0.25, 0.3) is 0 Å². The first-order valence-electron chi connectivity index (χ1n) is 5.23. The summed E-state index contributed by atoms with van der Waals surface area (Å²) in [5, 5.41) is -1.24. The van der Waals surface area contributed by atoms with E-state index in [1.165, 1.54) is 20.8 Å². The van der Waals surface area contributed by atoms with Crippen molar-refractivity contribution >= 4 is 13.6 Å². The summed E-state index contributed by atoms with van der Waals surface area (Å²) in [7, 11) is -4.25. The third-order valence-electron chi connectivity index (χ3n) is 2.36. The van der Waals surface area contributed by atoms with Gasteiger partial charge >= 0.3 is 13.6 Å². The van der Waals surface area contributed by atoms with Gasteiger partial charge in [0.1, 0.15) is 5.60 Å². The third kappa shape index (κ3) is 5.02. The van der Waals surface area contributed by atoms with E-state index in [2.05, 4.69) is 6.58 Å². The highest BCUT2D eigenvalue weighted by atomic mass is 31.2. The Morgan fingerprint density at radius 1 is 1.29 bits per heavy atom. The topological polar surface area (TPSA) is 83.8 Å². The van der Waals surface area contributed by atoms with Crippen LogP contribution in [-0.2, 0) is 14.1 Å². The van der Waals surface area contributed by atoms with Crippen molar-refractivity contribution in [1.29, 1.82) is 0 Å². The van der Waals surface area contributed by atoms with Gasteiger partial charge in [0.05, 0.1) is 5.16 Å². The van der Waals surface area contributed by atoms with E-state index in [4.69, 9.17) is 4.74 Å². The second-order valence-electron chi connectivity index (χ2n) is 5.46. The highest BCUT2D eigenvalue weighted by Gasteiger charge is 2.43. The highest BCUT2D eigenvalue weighted by molar-refractivity contribution is 7.53. The summed E-state index contributed by atoms with van der Waals surface area (Å²) in [6.45, 7) is 11.1. The Hall–Kier alpha value is -0.640. The molecule has 0 radical (unpaired) electrons. The maximum atomic E-state index is 11.4. The second-order valence-corrected chi connectivity index (χ2v) is 7.76. The highest BCUT2D eigenvalue weighted by Crippen LogP contribution is 2.53. The Morgan fingerprint density at radius 2 is 1.71 bits per heavy atom. The molecule has 0 aliphatic heterocycles. The predicted molar refractivity (Wildman–Crippen MR) is 65.7 cm³/mol. The Balaban J connectivity index is 4.83. The van der Waals surface area contributed by atoms with Crippen LogP contribution in [0.15, 0.2) is 12.2 Å². The largest absolute Gasteiger partial charge is 0.456 e. The van der Waals surface area contributed by atoms with Crippen molar-refractivity contribution in [3.63, 3.8) is 0 Å². The van der Waals surface area contributed by atoms with Gasteiger partial charge in [0.2, 0.25) is 0 Å². The van der Waals surface area contributed by atoms with E-state index in [9.17, 15) is 19.1 Å². The Labute approximate surface area is 102 Å². The third-order valence-corrected chi connectivity index (χ3v) is 4.10. The van der Waals surface area contributed by atoms with E-state index >= 15 is 0 Å². The van der Waals surface area contributed by atoms with Crippen molar-refractivity contribution in [1.82, 2.24) is 0 Å². The van der Waals surface area contributed by atoms with Crippen molar-refractivity contribution in [3.8, 4) is 0 Å². The van der Waals surface area contributed by atoms with Gasteiger partial charge in [-0.1, -0.05) is 6.58 Å². The lowest BCUT2D eigenvalue weighted by Gasteiger charge is -2.34. The van der Waals surface area contributed by atoms with Crippen LogP contribution < -0.4 is 0 Å². The average Bonchev–Trinajstić information content (AvgIpc) is 1.97. The van der Waals surface area contributed by atoms with Gasteiger partial charge in [-0.3, -0.25) is 4.57 Å². The molecule has 5 nitrogen and oxygen atoms in total. The summed E-state index contributed by atoms with van der Waals surface area (Å²) in [6.07, 6.45) is 0.0588. The standard InChI is InChI=1S/C11H21O5P/c1-8(2)9(12)16-10(3,4)7-11(5,6)17(13,14)15/h1,7H2,2-6H3,(H2,13,14,15). The van der Waals surface area contributed by atoms with Crippen LogP contribution in [0, 0.1) is 0 Å². The fourth-order valence-corrected chi connectivity index (χ4v) is 2.11. The Bertz CT molecular complexity index is 364. The zero-order valence-corrected chi connectivity index (χ0v) is 11.9. The molecule has 0 fully saturated rings. The molecule has 0 aliphatic rings. The lowest BCUT2D eigenvalue weighted by atomic mass is 9.95. The van der Waals surface area contributed by atoms with Gasteiger partial charge in [-0.05, 0) is 34.6 Å². The molecule has 17 heavy (non-hydrogen) atoms.